The van der Waals surface area contributed by atoms with Crippen LogP contribution in [0.25, 0.3) is 0 Å². The van der Waals surface area contributed by atoms with Crippen LogP contribution in [0.1, 0.15) is 39.7 Å². The van der Waals surface area contributed by atoms with E-state index in [1.807, 2.05) is 13.8 Å². The highest BCUT2D eigenvalue weighted by Gasteiger charge is 2.30. The quantitative estimate of drug-likeness (QED) is 0.481. The van der Waals surface area contributed by atoms with Gasteiger partial charge in [-0.05, 0) is 45.7 Å². The predicted molar refractivity (Wildman–Crippen MR) is 112 cm³/mol. The Morgan fingerprint density at radius 3 is 2.52 bits per heavy atom. The van der Waals surface area contributed by atoms with Gasteiger partial charge < -0.3 is 10.1 Å². The number of hydrogen-bond acceptors (Lipinski definition) is 7. The summed E-state index contributed by atoms with van der Waals surface area (Å²) >= 11 is 0. The molecule has 2 heterocycles. The summed E-state index contributed by atoms with van der Waals surface area (Å²) in [5.74, 6) is -0.243. The monoisotopic (exact) mass is 451 g/mol. The normalized spacial score (nSPS) is 15.7. The van der Waals surface area contributed by atoms with Crippen LogP contribution >= 0.6 is 0 Å². The van der Waals surface area contributed by atoms with E-state index in [-0.39, 0.29) is 16.7 Å². The minimum Gasteiger partial charge on any atom is -0.474 e. The van der Waals surface area contributed by atoms with Gasteiger partial charge >= 0.3 is 5.69 Å². The Hall–Kier alpha value is -2.99. The third kappa shape index (κ3) is 4.85. The molecule has 11 nitrogen and oxygen atoms in total. The standard InChI is InChI=1S/C19H25N5O6S/c1-13(2)23-18(8-9-20-23)21-19(25)14(3)30-17-7-6-15(12-16(17)24(26)27)31(28,29)22-10-4-5-11-22/h6-9,12-14H,4-5,10-11H2,1-3H3,(H,21,25)/t14-/m0/s1. The van der Waals surface area contributed by atoms with Crippen molar-refractivity contribution in [1.29, 1.82) is 0 Å². The topological polar surface area (TPSA) is 137 Å². The molecule has 1 aromatic heterocycles. The highest BCUT2D eigenvalue weighted by Crippen LogP contribution is 2.32. The molecule has 1 aliphatic rings. The third-order valence-electron chi connectivity index (χ3n) is 4.91. The number of hydrogen-bond donors (Lipinski definition) is 1. The van der Waals surface area contributed by atoms with Gasteiger partial charge in [0, 0.05) is 31.3 Å². The van der Waals surface area contributed by atoms with Crippen molar-refractivity contribution in [2.45, 2.75) is 50.7 Å². The predicted octanol–water partition coefficient (Wildman–Crippen LogP) is 2.56. The first kappa shape index (κ1) is 22.7. The first-order valence-corrected chi connectivity index (χ1v) is 11.3. The molecule has 0 aliphatic carbocycles. The van der Waals surface area contributed by atoms with E-state index in [0.717, 1.165) is 18.9 Å². The molecule has 0 spiro atoms. The van der Waals surface area contributed by atoms with Gasteiger partial charge in [-0.1, -0.05) is 0 Å². The second kappa shape index (κ2) is 9.02. The molecular formula is C19H25N5O6S. The zero-order valence-corrected chi connectivity index (χ0v) is 18.3. The summed E-state index contributed by atoms with van der Waals surface area (Å²) in [6.07, 6.45) is 1.98. The van der Waals surface area contributed by atoms with Gasteiger partial charge in [-0.2, -0.15) is 9.40 Å². The fourth-order valence-corrected chi connectivity index (χ4v) is 4.81. The van der Waals surface area contributed by atoms with Crippen LogP contribution in [0.5, 0.6) is 5.75 Å². The van der Waals surface area contributed by atoms with E-state index in [2.05, 4.69) is 10.4 Å². The van der Waals surface area contributed by atoms with E-state index in [1.165, 1.54) is 23.4 Å². The van der Waals surface area contributed by atoms with Gasteiger partial charge in [-0.3, -0.25) is 14.9 Å². The summed E-state index contributed by atoms with van der Waals surface area (Å²) in [7, 11) is -3.82. The van der Waals surface area contributed by atoms with Crippen molar-refractivity contribution in [2.24, 2.45) is 0 Å². The van der Waals surface area contributed by atoms with E-state index in [9.17, 15) is 23.3 Å². The van der Waals surface area contributed by atoms with Crippen molar-refractivity contribution >= 4 is 27.4 Å². The highest BCUT2D eigenvalue weighted by atomic mass is 32.2. The Morgan fingerprint density at radius 1 is 1.23 bits per heavy atom. The number of carbonyl (C=O) groups excluding carboxylic acids is 1. The van der Waals surface area contributed by atoms with Crippen LogP contribution in [0.15, 0.2) is 35.4 Å². The van der Waals surface area contributed by atoms with Gasteiger partial charge in [0.05, 0.1) is 16.0 Å². The van der Waals surface area contributed by atoms with E-state index in [4.69, 9.17) is 4.74 Å². The molecule has 168 valence electrons. The lowest BCUT2D eigenvalue weighted by molar-refractivity contribution is -0.386. The van der Waals surface area contributed by atoms with Crippen molar-refractivity contribution in [3.63, 3.8) is 0 Å². The van der Waals surface area contributed by atoms with Gasteiger partial charge in [0.15, 0.2) is 11.9 Å². The van der Waals surface area contributed by atoms with Crippen molar-refractivity contribution in [3.05, 3.63) is 40.6 Å². The summed E-state index contributed by atoms with van der Waals surface area (Å²) in [5, 5.41) is 18.4. The molecule has 0 bridgehead atoms. The number of sulfonamides is 1. The van der Waals surface area contributed by atoms with Crippen molar-refractivity contribution in [2.75, 3.05) is 18.4 Å². The molecule has 0 saturated carbocycles. The number of aromatic nitrogens is 2. The maximum Gasteiger partial charge on any atom is 0.312 e. The fraction of sp³-hybridized carbons (Fsp3) is 0.474. The van der Waals surface area contributed by atoms with Crippen LogP contribution in [0, 0.1) is 10.1 Å². The molecule has 1 N–H and O–H groups in total. The van der Waals surface area contributed by atoms with E-state index in [0.29, 0.717) is 18.9 Å². The summed E-state index contributed by atoms with van der Waals surface area (Å²) < 4.78 is 33.9. The van der Waals surface area contributed by atoms with Crippen LogP contribution in [0.4, 0.5) is 11.5 Å². The minimum absolute atomic E-state index is 0.0210. The van der Waals surface area contributed by atoms with Crippen LogP contribution in [-0.4, -0.2) is 52.5 Å². The van der Waals surface area contributed by atoms with E-state index < -0.39 is 32.6 Å². The Morgan fingerprint density at radius 2 is 1.90 bits per heavy atom. The molecule has 0 unspecified atom stereocenters. The molecule has 12 heteroatoms. The maximum atomic E-state index is 12.7. The molecule has 2 aromatic rings. The number of nitrogens with zero attached hydrogens (tertiary/aromatic N) is 4. The molecule has 31 heavy (non-hydrogen) atoms. The summed E-state index contributed by atoms with van der Waals surface area (Å²) in [6.45, 7) is 6.04. The number of nitrogens with one attached hydrogen (secondary N) is 1. The lowest BCUT2D eigenvalue weighted by Crippen LogP contribution is -2.31. The zero-order chi connectivity index (χ0) is 22.8. The van der Waals surface area contributed by atoms with E-state index in [1.54, 1.807) is 16.9 Å². The second-order valence-electron chi connectivity index (χ2n) is 7.50. The zero-order valence-electron chi connectivity index (χ0n) is 17.5. The number of carbonyl (C=O) groups is 1. The lowest BCUT2D eigenvalue weighted by Gasteiger charge is -2.18. The van der Waals surface area contributed by atoms with Gasteiger partial charge in [-0.25, -0.2) is 13.1 Å². The number of nitro benzene ring substituents is 1. The van der Waals surface area contributed by atoms with Gasteiger partial charge in [-0.15, -0.1) is 0 Å². The molecule has 3 rings (SSSR count). The Labute approximate surface area is 180 Å². The second-order valence-corrected chi connectivity index (χ2v) is 9.44. The van der Waals surface area contributed by atoms with Crippen molar-refractivity contribution in [3.8, 4) is 5.75 Å². The molecule has 0 radical (unpaired) electrons. The molecule has 1 aliphatic heterocycles. The van der Waals surface area contributed by atoms with Crippen LogP contribution in [0.2, 0.25) is 0 Å². The van der Waals surface area contributed by atoms with Crippen LogP contribution < -0.4 is 10.1 Å². The SMILES string of the molecule is CC(C)n1nccc1NC(=O)[C@H](C)Oc1ccc(S(=O)(=O)N2CCCC2)cc1[N+](=O)[O-]. The summed E-state index contributed by atoms with van der Waals surface area (Å²) in [4.78, 5) is 23.2. The summed E-state index contributed by atoms with van der Waals surface area (Å²) in [5.41, 5.74) is -0.521. The molecule has 1 aromatic carbocycles. The fourth-order valence-electron chi connectivity index (χ4n) is 3.27. The number of benzene rings is 1. The smallest absolute Gasteiger partial charge is 0.312 e. The first-order valence-electron chi connectivity index (χ1n) is 9.91. The molecule has 1 fully saturated rings. The molecule has 1 amide bonds. The van der Waals surface area contributed by atoms with Gasteiger partial charge in [0.2, 0.25) is 10.0 Å². The number of amides is 1. The van der Waals surface area contributed by atoms with Gasteiger partial charge in [0.25, 0.3) is 5.91 Å². The molecule has 1 saturated heterocycles. The third-order valence-corrected chi connectivity index (χ3v) is 6.81. The first-order chi connectivity index (χ1) is 14.6. The maximum absolute atomic E-state index is 12.7. The number of rotatable bonds is 8. The number of anilines is 1. The van der Waals surface area contributed by atoms with Gasteiger partial charge in [0.1, 0.15) is 5.82 Å². The van der Waals surface area contributed by atoms with Crippen molar-refractivity contribution in [1.82, 2.24) is 14.1 Å². The van der Waals surface area contributed by atoms with Crippen LogP contribution in [0.3, 0.4) is 0 Å². The minimum atomic E-state index is -3.82. The molecule has 1 atom stereocenters. The number of nitro groups is 1. The Kier molecular flexibility index (Phi) is 6.60. The number of ether oxygens (including phenoxy) is 1. The average Bonchev–Trinajstić information content (AvgIpc) is 3.40. The van der Waals surface area contributed by atoms with Crippen LogP contribution in [-0.2, 0) is 14.8 Å². The lowest BCUT2D eigenvalue weighted by atomic mass is 10.3. The summed E-state index contributed by atoms with van der Waals surface area (Å²) in [6, 6.07) is 5.09. The average molecular weight is 452 g/mol. The molecular weight excluding hydrogens is 426 g/mol. The highest BCUT2D eigenvalue weighted by molar-refractivity contribution is 7.89. The Balaban J connectivity index is 1.79. The van der Waals surface area contributed by atoms with Crippen molar-refractivity contribution < 1.29 is 22.9 Å². The Bertz CT molecular complexity index is 1080. The van der Waals surface area contributed by atoms with E-state index >= 15 is 0 Å². The largest absolute Gasteiger partial charge is 0.474 e.